The van der Waals surface area contributed by atoms with Crippen LogP contribution in [0.15, 0.2) is 24.8 Å². The van der Waals surface area contributed by atoms with Crippen molar-refractivity contribution < 1.29 is 4.79 Å². The van der Waals surface area contributed by atoms with Crippen LogP contribution >= 0.6 is 0 Å². The molecule has 0 aliphatic heterocycles. The van der Waals surface area contributed by atoms with Gasteiger partial charge in [-0.25, -0.2) is 4.68 Å². The molecule has 2 aromatic heterocycles. The summed E-state index contributed by atoms with van der Waals surface area (Å²) in [4.78, 5) is 13.7. The molecular weight excluding hydrogens is 258 g/mol. The van der Waals surface area contributed by atoms with Crippen LogP contribution in [-0.2, 0) is 17.9 Å². The molecule has 2 aromatic rings. The number of tetrazole rings is 1. The minimum absolute atomic E-state index is 0.151. The van der Waals surface area contributed by atoms with Crippen molar-refractivity contribution in [2.75, 3.05) is 13.6 Å². The van der Waals surface area contributed by atoms with Crippen LogP contribution in [0.25, 0.3) is 0 Å². The van der Waals surface area contributed by atoms with Crippen LogP contribution in [0.3, 0.4) is 0 Å². The van der Waals surface area contributed by atoms with Gasteiger partial charge in [-0.3, -0.25) is 9.48 Å². The van der Waals surface area contributed by atoms with Crippen molar-refractivity contribution in [2.24, 2.45) is 0 Å². The van der Waals surface area contributed by atoms with Gasteiger partial charge in [0.25, 0.3) is 0 Å². The lowest BCUT2D eigenvalue weighted by molar-refractivity contribution is -0.130. The Balaban J connectivity index is 1.59. The van der Waals surface area contributed by atoms with E-state index >= 15 is 0 Å². The Morgan fingerprint density at radius 1 is 1.25 bits per heavy atom. The Kier molecular flexibility index (Phi) is 5.22. The minimum atomic E-state index is 0.151. The number of aromatic nitrogens is 6. The maximum absolute atomic E-state index is 11.9. The van der Waals surface area contributed by atoms with Crippen LogP contribution in [0.2, 0.25) is 0 Å². The molecule has 0 fully saturated rings. The lowest BCUT2D eigenvalue weighted by atomic mass is 10.2. The molecule has 0 atom stereocenters. The van der Waals surface area contributed by atoms with E-state index in [0.717, 1.165) is 25.9 Å². The number of hydrogen-bond donors (Lipinski definition) is 0. The third-order valence-corrected chi connectivity index (χ3v) is 3.03. The van der Waals surface area contributed by atoms with Gasteiger partial charge in [0.05, 0.1) is 0 Å². The van der Waals surface area contributed by atoms with Gasteiger partial charge in [-0.1, -0.05) is 0 Å². The molecule has 1 amide bonds. The van der Waals surface area contributed by atoms with Crippen molar-refractivity contribution >= 4 is 5.91 Å². The quantitative estimate of drug-likeness (QED) is 0.688. The Labute approximate surface area is 117 Å². The average molecular weight is 277 g/mol. The van der Waals surface area contributed by atoms with Crippen LogP contribution in [0.1, 0.15) is 19.3 Å². The van der Waals surface area contributed by atoms with Gasteiger partial charge in [-0.05, 0) is 29.3 Å². The molecule has 0 radical (unpaired) electrons. The number of carbonyl (C=O) groups excluding carboxylic acids is 1. The second kappa shape index (κ2) is 7.37. The topological polar surface area (TPSA) is 81.7 Å². The van der Waals surface area contributed by atoms with Crippen molar-refractivity contribution in [3.63, 3.8) is 0 Å². The van der Waals surface area contributed by atoms with E-state index in [2.05, 4.69) is 20.6 Å². The van der Waals surface area contributed by atoms with Crippen molar-refractivity contribution in [1.29, 1.82) is 0 Å². The minimum Gasteiger partial charge on any atom is -0.346 e. The Morgan fingerprint density at radius 2 is 2.10 bits per heavy atom. The molecule has 8 heteroatoms. The summed E-state index contributed by atoms with van der Waals surface area (Å²) in [6.45, 7) is 2.23. The SMILES string of the molecule is CN(CCCn1cccn1)C(=O)CCCn1cnnn1. The summed E-state index contributed by atoms with van der Waals surface area (Å²) in [6.07, 6.45) is 7.39. The zero-order valence-corrected chi connectivity index (χ0v) is 11.6. The molecular formula is C12H19N7O. The maximum atomic E-state index is 11.9. The number of aryl methyl sites for hydroxylation is 2. The predicted octanol–water partition coefficient (Wildman–Crippen LogP) is 0.198. The number of hydrogen-bond acceptors (Lipinski definition) is 5. The summed E-state index contributed by atoms with van der Waals surface area (Å²) < 4.78 is 3.50. The van der Waals surface area contributed by atoms with Crippen LogP contribution in [0.4, 0.5) is 0 Å². The highest BCUT2D eigenvalue weighted by Gasteiger charge is 2.08. The van der Waals surface area contributed by atoms with E-state index in [-0.39, 0.29) is 5.91 Å². The van der Waals surface area contributed by atoms with Crippen molar-refractivity contribution in [1.82, 2.24) is 34.9 Å². The fourth-order valence-electron chi connectivity index (χ4n) is 1.89. The summed E-state index contributed by atoms with van der Waals surface area (Å²) >= 11 is 0. The first-order valence-electron chi connectivity index (χ1n) is 6.68. The lowest BCUT2D eigenvalue weighted by Crippen LogP contribution is -2.28. The molecule has 0 spiro atoms. The van der Waals surface area contributed by atoms with E-state index < -0.39 is 0 Å². The van der Waals surface area contributed by atoms with E-state index in [1.165, 1.54) is 0 Å². The number of nitrogens with zero attached hydrogens (tertiary/aromatic N) is 7. The molecule has 0 aromatic carbocycles. The monoisotopic (exact) mass is 277 g/mol. The van der Waals surface area contributed by atoms with Crippen LogP contribution in [0, 0.1) is 0 Å². The first-order valence-corrected chi connectivity index (χ1v) is 6.68. The lowest BCUT2D eigenvalue weighted by Gasteiger charge is -2.17. The van der Waals surface area contributed by atoms with Gasteiger partial charge in [0.1, 0.15) is 6.33 Å². The van der Waals surface area contributed by atoms with Crippen molar-refractivity contribution in [2.45, 2.75) is 32.4 Å². The molecule has 0 N–H and O–H groups in total. The smallest absolute Gasteiger partial charge is 0.222 e. The normalized spacial score (nSPS) is 10.7. The van der Waals surface area contributed by atoms with E-state index in [1.54, 1.807) is 22.1 Å². The highest BCUT2D eigenvalue weighted by molar-refractivity contribution is 5.75. The van der Waals surface area contributed by atoms with Gasteiger partial charge in [0.2, 0.25) is 5.91 Å². The fourth-order valence-corrected chi connectivity index (χ4v) is 1.89. The fraction of sp³-hybridized carbons (Fsp3) is 0.583. The predicted molar refractivity (Wildman–Crippen MR) is 71.5 cm³/mol. The van der Waals surface area contributed by atoms with Gasteiger partial charge in [0, 0.05) is 45.5 Å². The largest absolute Gasteiger partial charge is 0.346 e. The zero-order chi connectivity index (χ0) is 14.2. The Hall–Kier alpha value is -2.25. The van der Waals surface area contributed by atoms with Crippen LogP contribution in [-0.4, -0.2) is 54.4 Å². The van der Waals surface area contributed by atoms with E-state index in [9.17, 15) is 4.79 Å². The van der Waals surface area contributed by atoms with E-state index in [0.29, 0.717) is 13.0 Å². The molecule has 2 rings (SSSR count). The third-order valence-electron chi connectivity index (χ3n) is 3.03. The van der Waals surface area contributed by atoms with Gasteiger partial charge in [-0.2, -0.15) is 5.10 Å². The average Bonchev–Trinajstić information content (AvgIpc) is 3.11. The van der Waals surface area contributed by atoms with Crippen molar-refractivity contribution in [3.05, 3.63) is 24.8 Å². The molecule has 108 valence electrons. The highest BCUT2D eigenvalue weighted by atomic mass is 16.2. The number of carbonyl (C=O) groups is 1. The summed E-state index contributed by atoms with van der Waals surface area (Å²) in [5.41, 5.74) is 0. The highest BCUT2D eigenvalue weighted by Crippen LogP contribution is 2.00. The summed E-state index contributed by atoms with van der Waals surface area (Å²) in [7, 11) is 1.84. The molecule has 0 bridgehead atoms. The maximum Gasteiger partial charge on any atom is 0.222 e. The zero-order valence-electron chi connectivity index (χ0n) is 11.6. The van der Waals surface area contributed by atoms with E-state index in [4.69, 9.17) is 0 Å². The van der Waals surface area contributed by atoms with Crippen LogP contribution < -0.4 is 0 Å². The summed E-state index contributed by atoms with van der Waals surface area (Å²) in [6, 6.07) is 1.90. The molecule has 8 nitrogen and oxygen atoms in total. The standard InChI is InChI=1S/C12H19N7O/c1-17(7-4-10-18-9-3-6-14-18)12(20)5-2-8-19-11-13-15-16-19/h3,6,9,11H,2,4-5,7-8,10H2,1H3. The van der Waals surface area contributed by atoms with Crippen LogP contribution in [0.5, 0.6) is 0 Å². The molecule has 2 heterocycles. The molecule has 20 heavy (non-hydrogen) atoms. The van der Waals surface area contributed by atoms with Gasteiger partial charge in [0.15, 0.2) is 0 Å². The van der Waals surface area contributed by atoms with Gasteiger partial charge >= 0.3 is 0 Å². The Bertz CT molecular complexity index is 494. The number of rotatable bonds is 8. The summed E-state index contributed by atoms with van der Waals surface area (Å²) in [5.74, 6) is 0.151. The molecule has 0 saturated heterocycles. The molecule has 0 aliphatic rings. The second-order valence-corrected chi connectivity index (χ2v) is 4.61. The third kappa shape index (κ3) is 4.45. The first-order chi connectivity index (χ1) is 9.75. The van der Waals surface area contributed by atoms with Gasteiger partial charge in [-0.15, -0.1) is 5.10 Å². The van der Waals surface area contributed by atoms with Crippen molar-refractivity contribution in [3.8, 4) is 0 Å². The van der Waals surface area contributed by atoms with Gasteiger partial charge < -0.3 is 4.90 Å². The number of amides is 1. The molecule has 0 unspecified atom stereocenters. The molecule has 0 aliphatic carbocycles. The van der Waals surface area contributed by atoms with E-state index in [1.807, 2.05) is 24.0 Å². The first kappa shape index (κ1) is 14.2. The second-order valence-electron chi connectivity index (χ2n) is 4.61. The summed E-state index contributed by atoms with van der Waals surface area (Å²) in [5, 5.41) is 15.0. The Morgan fingerprint density at radius 3 is 2.80 bits per heavy atom. The molecule has 0 saturated carbocycles.